The summed E-state index contributed by atoms with van der Waals surface area (Å²) >= 11 is 1.61. The molecular weight excluding hydrogens is 334 g/mol. The zero-order valence-electron chi connectivity index (χ0n) is 14.0. The van der Waals surface area contributed by atoms with Gasteiger partial charge in [0, 0.05) is 17.0 Å². The van der Waals surface area contributed by atoms with Crippen molar-refractivity contribution in [3.8, 4) is 11.4 Å². The first kappa shape index (κ1) is 16.0. The van der Waals surface area contributed by atoms with E-state index in [1.807, 2.05) is 53.6 Å². The second kappa shape index (κ2) is 6.80. The molecule has 25 heavy (non-hydrogen) atoms. The molecule has 2 aromatic heterocycles. The smallest absolute Gasteiger partial charge is 0.249 e. The molecule has 128 valence electrons. The zero-order valence-corrected chi connectivity index (χ0v) is 14.8. The number of amides is 1. The maximum Gasteiger partial charge on any atom is 0.249 e. The van der Waals surface area contributed by atoms with Crippen LogP contribution in [0.2, 0.25) is 0 Å². The van der Waals surface area contributed by atoms with Crippen LogP contribution in [0.1, 0.15) is 35.2 Å². The van der Waals surface area contributed by atoms with Gasteiger partial charge in [0.1, 0.15) is 6.04 Å². The molecule has 0 spiro atoms. The van der Waals surface area contributed by atoms with Crippen LogP contribution in [-0.2, 0) is 11.2 Å². The number of rotatable bonds is 4. The van der Waals surface area contributed by atoms with Crippen LogP contribution in [0, 0.1) is 6.92 Å². The fourth-order valence-electron chi connectivity index (χ4n) is 3.29. The highest BCUT2D eigenvalue weighted by molar-refractivity contribution is 7.10. The van der Waals surface area contributed by atoms with Crippen LogP contribution in [0.3, 0.4) is 0 Å². The third kappa shape index (κ3) is 3.22. The Balaban J connectivity index is 1.55. The minimum absolute atomic E-state index is 0.113. The Bertz CT molecular complexity index is 872. The second-order valence-corrected chi connectivity index (χ2v) is 7.30. The van der Waals surface area contributed by atoms with Gasteiger partial charge < -0.3 is 9.42 Å². The molecular formula is C19H19N3O2S. The van der Waals surface area contributed by atoms with Crippen LogP contribution in [0.5, 0.6) is 0 Å². The quantitative estimate of drug-likeness (QED) is 0.711. The largest absolute Gasteiger partial charge is 0.337 e. The van der Waals surface area contributed by atoms with E-state index in [1.165, 1.54) is 0 Å². The summed E-state index contributed by atoms with van der Waals surface area (Å²) < 4.78 is 5.52. The van der Waals surface area contributed by atoms with E-state index in [9.17, 15) is 4.79 Å². The number of thiophene rings is 1. The highest BCUT2D eigenvalue weighted by Crippen LogP contribution is 2.33. The molecule has 1 atom stereocenters. The standard InChI is InChI=1S/C19H19N3O2S/c1-13-6-2-3-8-15(13)18-20-19(24-21-18)16-9-4-10-22(16)17(23)12-14-7-5-11-25-14/h2-3,5-8,11,16H,4,9-10,12H2,1H3/t16-/m1/s1. The van der Waals surface area contributed by atoms with Crippen LogP contribution >= 0.6 is 11.3 Å². The highest BCUT2D eigenvalue weighted by atomic mass is 32.1. The van der Waals surface area contributed by atoms with E-state index in [0.717, 1.165) is 35.4 Å². The number of benzene rings is 1. The van der Waals surface area contributed by atoms with Crippen molar-refractivity contribution in [1.29, 1.82) is 0 Å². The fraction of sp³-hybridized carbons (Fsp3) is 0.316. The average Bonchev–Trinajstić information content (AvgIpc) is 3.36. The van der Waals surface area contributed by atoms with E-state index >= 15 is 0 Å². The van der Waals surface area contributed by atoms with Crippen molar-refractivity contribution in [1.82, 2.24) is 15.0 Å². The number of aromatic nitrogens is 2. The van der Waals surface area contributed by atoms with Crippen molar-refractivity contribution < 1.29 is 9.32 Å². The Kier molecular flexibility index (Phi) is 4.36. The van der Waals surface area contributed by atoms with Gasteiger partial charge in [0.2, 0.25) is 17.6 Å². The first-order valence-electron chi connectivity index (χ1n) is 8.44. The minimum Gasteiger partial charge on any atom is -0.337 e. The van der Waals surface area contributed by atoms with E-state index in [0.29, 0.717) is 18.1 Å². The summed E-state index contributed by atoms with van der Waals surface area (Å²) in [6, 6.07) is 11.8. The van der Waals surface area contributed by atoms with E-state index < -0.39 is 0 Å². The summed E-state index contributed by atoms with van der Waals surface area (Å²) in [5.74, 6) is 1.25. The van der Waals surface area contributed by atoms with Gasteiger partial charge in [-0.3, -0.25) is 4.79 Å². The number of hydrogen-bond donors (Lipinski definition) is 0. The molecule has 6 heteroatoms. The summed E-state index contributed by atoms with van der Waals surface area (Å²) in [6.45, 7) is 2.77. The lowest BCUT2D eigenvalue weighted by Gasteiger charge is -2.21. The maximum absolute atomic E-state index is 12.7. The molecule has 0 radical (unpaired) electrons. The summed E-state index contributed by atoms with van der Waals surface area (Å²) in [7, 11) is 0. The van der Waals surface area contributed by atoms with Gasteiger partial charge in [-0.1, -0.05) is 35.5 Å². The maximum atomic E-state index is 12.7. The number of likely N-dealkylation sites (tertiary alicyclic amines) is 1. The Hall–Kier alpha value is -2.47. The fourth-order valence-corrected chi connectivity index (χ4v) is 3.99. The Morgan fingerprint density at radius 3 is 3.00 bits per heavy atom. The molecule has 0 saturated carbocycles. The van der Waals surface area contributed by atoms with Crippen molar-refractivity contribution in [3.05, 3.63) is 58.1 Å². The third-order valence-corrected chi connectivity index (χ3v) is 5.47. The molecule has 1 amide bonds. The third-order valence-electron chi connectivity index (χ3n) is 4.59. The Morgan fingerprint density at radius 1 is 1.32 bits per heavy atom. The van der Waals surface area contributed by atoms with E-state index in [4.69, 9.17) is 4.52 Å². The number of carbonyl (C=O) groups is 1. The first-order valence-corrected chi connectivity index (χ1v) is 9.32. The van der Waals surface area contributed by atoms with Crippen LogP contribution in [0.4, 0.5) is 0 Å². The van der Waals surface area contributed by atoms with Crippen LogP contribution in [-0.4, -0.2) is 27.5 Å². The van der Waals surface area contributed by atoms with Crippen molar-refractivity contribution in [2.75, 3.05) is 6.54 Å². The lowest BCUT2D eigenvalue weighted by atomic mass is 10.1. The van der Waals surface area contributed by atoms with Crippen LogP contribution < -0.4 is 0 Å². The van der Waals surface area contributed by atoms with Gasteiger partial charge in [0.05, 0.1) is 6.42 Å². The first-order chi connectivity index (χ1) is 12.2. The molecule has 0 aliphatic carbocycles. The second-order valence-electron chi connectivity index (χ2n) is 6.27. The highest BCUT2D eigenvalue weighted by Gasteiger charge is 2.34. The summed E-state index contributed by atoms with van der Waals surface area (Å²) in [6.07, 6.45) is 2.27. The number of hydrogen-bond acceptors (Lipinski definition) is 5. The van der Waals surface area contributed by atoms with Gasteiger partial charge >= 0.3 is 0 Å². The predicted octanol–water partition coefficient (Wildman–Crippen LogP) is 4.01. The molecule has 3 aromatic rings. The zero-order chi connectivity index (χ0) is 17.2. The molecule has 0 unspecified atom stereocenters. The summed E-state index contributed by atoms with van der Waals surface area (Å²) in [5.41, 5.74) is 2.07. The molecule has 3 heterocycles. The topological polar surface area (TPSA) is 59.2 Å². The van der Waals surface area contributed by atoms with Gasteiger partial charge in [-0.25, -0.2) is 0 Å². The van der Waals surface area contributed by atoms with Crippen LogP contribution in [0.25, 0.3) is 11.4 Å². The monoisotopic (exact) mass is 353 g/mol. The molecule has 1 fully saturated rings. The average molecular weight is 353 g/mol. The minimum atomic E-state index is -0.113. The van der Waals surface area contributed by atoms with Gasteiger partial charge in [-0.05, 0) is 36.8 Å². The number of nitrogens with zero attached hydrogens (tertiary/aromatic N) is 3. The number of aryl methyl sites for hydroxylation is 1. The summed E-state index contributed by atoms with van der Waals surface area (Å²) in [4.78, 5) is 20.2. The Labute approximate surface area is 150 Å². The van der Waals surface area contributed by atoms with E-state index in [-0.39, 0.29) is 11.9 Å². The summed E-state index contributed by atoms with van der Waals surface area (Å²) in [5, 5.41) is 6.14. The lowest BCUT2D eigenvalue weighted by Crippen LogP contribution is -2.31. The van der Waals surface area contributed by atoms with Crippen molar-refractivity contribution >= 4 is 17.2 Å². The van der Waals surface area contributed by atoms with Gasteiger partial charge in [-0.2, -0.15) is 4.98 Å². The molecule has 1 aromatic carbocycles. The number of carbonyl (C=O) groups excluding carboxylic acids is 1. The normalized spacial score (nSPS) is 17.2. The molecule has 1 aliphatic heterocycles. The Morgan fingerprint density at radius 2 is 2.20 bits per heavy atom. The van der Waals surface area contributed by atoms with E-state index in [2.05, 4.69) is 10.1 Å². The van der Waals surface area contributed by atoms with Crippen molar-refractivity contribution in [2.24, 2.45) is 0 Å². The van der Waals surface area contributed by atoms with Crippen LogP contribution in [0.15, 0.2) is 46.3 Å². The SMILES string of the molecule is Cc1ccccc1-c1noc([C@H]2CCCN2C(=O)Cc2cccs2)n1. The molecule has 0 bridgehead atoms. The molecule has 5 nitrogen and oxygen atoms in total. The molecule has 1 aliphatic rings. The molecule has 4 rings (SSSR count). The molecule has 0 N–H and O–H groups in total. The van der Waals surface area contributed by atoms with Gasteiger partial charge in [0.15, 0.2) is 0 Å². The van der Waals surface area contributed by atoms with E-state index in [1.54, 1.807) is 11.3 Å². The molecule has 1 saturated heterocycles. The van der Waals surface area contributed by atoms with Crippen molar-refractivity contribution in [3.63, 3.8) is 0 Å². The van der Waals surface area contributed by atoms with Gasteiger partial charge in [-0.15, -0.1) is 11.3 Å². The van der Waals surface area contributed by atoms with Crippen molar-refractivity contribution in [2.45, 2.75) is 32.2 Å². The lowest BCUT2D eigenvalue weighted by molar-refractivity contribution is -0.131. The van der Waals surface area contributed by atoms with Gasteiger partial charge in [0.25, 0.3) is 0 Å². The predicted molar refractivity (Wildman–Crippen MR) is 96.2 cm³/mol.